The van der Waals surface area contributed by atoms with Crippen LogP contribution >= 0.6 is 0 Å². The summed E-state index contributed by atoms with van der Waals surface area (Å²) in [5, 5.41) is 6.61. The van der Waals surface area contributed by atoms with E-state index in [0.29, 0.717) is 0 Å². The van der Waals surface area contributed by atoms with Crippen LogP contribution in [0.1, 0.15) is 30.1 Å². The van der Waals surface area contributed by atoms with Gasteiger partial charge in [-0.25, -0.2) is 0 Å². The van der Waals surface area contributed by atoms with Gasteiger partial charge in [0.2, 0.25) is 0 Å². The number of nitrogens with one attached hydrogen (secondary N) is 2. The smallest absolute Gasteiger partial charge is 0.253 e. The van der Waals surface area contributed by atoms with Gasteiger partial charge in [0.15, 0.2) is 0 Å². The Labute approximate surface area is 108 Å². The zero-order chi connectivity index (χ0) is 13.0. The van der Waals surface area contributed by atoms with Gasteiger partial charge >= 0.3 is 0 Å². The Morgan fingerprint density at radius 2 is 2.00 bits per heavy atom. The van der Waals surface area contributed by atoms with Crippen molar-refractivity contribution in [2.75, 3.05) is 37.3 Å². The summed E-state index contributed by atoms with van der Waals surface area (Å²) in [7, 11) is 1.86. The number of carbonyl (C=O) groups excluding carboxylic acids is 1. The molecule has 1 aromatic rings. The number of hydrogen-bond donors (Lipinski definition) is 2. The van der Waals surface area contributed by atoms with Gasteiger partial charge in [-0.1, -0.05) is 13.3 Å². The standard InChI is InChI=1S/C14H21N3O/c1-3-4-9-17(2)14(18)11-5-6-12-13(10-11)16-8-7-15-12/h5-6,10,15-16H,3-4,7-9H2,1-2H3. The van der Waals surface area contributed by atoms with E-state index in [-0.39, 0.29) is 5.91 Å². The van der Waals surface area contributed by atoms with Crippen LogP contribution in [0.4, 0.5) is 11.4 Å². The molecule has 0 radical (unpaired) electrons. The van der Waals surface area contributed by atoms with Gasteiger partial charge in [0.25, 0.3) is 5.91 Å². The summed E-state index contributed by atoms with van der Waals surface area (Å²) in [5.74, 6) is 0.0959. The summed E-state index contributed by atoms with van der Waals surface area (Å²) >= 11 is 0. The lowest BCUT2D eigenvalue weighted by Crippen LogP contribution is -2.28. The van der Waals surface area contributed by atoms with E-state index in [1.165, 1.54) is 0 Å². The van der Waals surface area contributed by atoms with Crippen molar-refractivity contribution in [3.05, 3.63) is 23.8 Å². The fourth-order valence-corrected chi connectivity index (χ4v) is 2.09. The number of carbonyl (C=O) groups is 1. The Balaban J connectivity index is 2.10. The van der Waals surface area contributed by atoms with Crippen LogP contribution in [0.3, 0.4) is 0 Å². The topological polar surface area (TPSA) is 44.4 Å². The first-order valence-electron chi connectivity index (χ1n) is 6.59. The first-order chi connectivity index (χ1) is 8.72. The molecule has 0 fully saturated rings. The molecule has 1 aliphatic heterocycles. The Bertz CT molecular complexity index is 431. The third kappa shape index (κ3) is 2.75. The lowest BCUT2D eigenvalue weighted by Gasteiger charge is -2.22. The van der Waals surface area contributed by atoms with Gasteiger partial charge in [0.1, 0.15) is 0 Å². The third-order valence-electron chi connectivity index (χ3n) is 3.22. The second-order valence-electron chi connectivity index (χ2n) is 4.69. The summed E-state index contributed by atoms with van der Waals surface area (Å²) in [4.78, 5) is 14.0. The van der Waals surface area contributed by atoms with E-state index in [4.69, 9.17) is 0 Å². The molecule has 0 unspecified atom stereocenters. The maximum Gasteiger partial charge on any atom is 0.253 e. The molecule has 2 N–H and O–H groups in total. The highest BCUT2D eigenvalue weighted by molar-refractivity contribution is 5.96. The van der Waals surface area contributed by atoms with Crippen LogP contribution < -0.4 is 10.6 Å². The minimum Gasteiger partial charge on any atom is -0.382 e. The second kappa shape index (κ2) is 5.76. The fraction of sp³-hybridized carbons (Fsp3) is 0.500. The predicted octanol–water partition coefficient (Wildman–Crippen LogP) is 2.40. The molecule has 0 bridgehead atoms. The molecular weight excluding hydrogens is 226 g/mol. The molecule has 0 aliphatic carbocycles. The van der Waals surface area contributed by atoms with Gasteiger partial charge in [-0.15, -0.1) is 0 Å². The fourth-order valence-electron chi connectivity index (χ4n) is 2.09. The van der Waals surface area contributed by atoms with E-state index in [2.05, 4.69) is 17.6 Å². The van der Waals surface area contributed by atoms with Gasteiger partial charge in [-0.2, -0.15) is 0 Å². The van der Waals surface area contributed by atoms with Crippen molar-refractivity contribution in [1.82, 2.24) is 4.90 Å². The molecule has 0 atom stereocenters. The zero-order valence-electron chi connectivity index (χ0n) is 11.1. The lowest BCUT2D eigenvalue weighted by atomic mass is 10.1. The average molecular weight is 247 g/mol. The van der Waals surface area contributed by atoms with Gasteiger partial charge in [0.05, 0.1) is 11.4 Å². The lowest BCUT2D eigenvalue weighted by molar-refractivity contribution is 0.0793. The van der Waals surface area contributed by atoms with E-state index in [1.54, 1.807) is 4.90 Å². The highest BCUT2D eigenvalue weighted by atomic mass is 16.2. The average Bonchev–Trinajstić information content (AvgIpc) is 2.43. The Kier molecular flexibility index (Phi) is 4.07. The van der Waals surface area contributed by atoms with Gasteiger partial charge < -0.3 is 15.5 Å². The number of amides is 1. The van der Waals surface area contributed by atoms with Crippen LogP contribution in [0.25, 0.3) is 0 Å². The van der Waals surface area contributed by atoms with Gasteiger partial charge in [-0.05, 0) is 24.6 Å². The van der Waals surface area contributed by atoms with Crippen molar-refractivity contribution in [2.45, 2.75) is 19.8 Å². The van der Waals surface area contributed by atoms with Crippen molar-refractivity contribution in [3.8, 4) is 0 Å². The molecule has 1 amide bonds. The highest BCUT2D eigenvalue weighted by Crippen LogP contribution is 2.25. The molecule has 2 rings (SSSR count). The van der Waals surface area contributed by atoms with Crippen LogP contribution in [-0.4, -0.2) is 37.5 Å². The quantitative estimate of drug-likeness (QED) is 0.858. The summed E-state index contributed by atoms with van der Waals surface area (Å²) in [6.07, 6.45) is 2.15. The minimum atomic E-state index is 0.0959. The molecule has 0 aromatic heterocycles. The van der Waals surface area contributed by atoms with Crippen molar-refractivity contribution in [2.24, 2.45) is 0 Å². The predicted molar refractivity (Wildman–Crippen MR) is 75.3 cm³/mol. The minimum absolute atomic E-state index is 0.0959. The maximum atomic E-state index is 12.2. The molecule has 4 nitrogen and oxygen atoms in total. The molecule has 4 heteroatoms. The van der Waals surface area contributed by atoms with E-state index >= 15 is 0 Å². The molecule has 0 saturated heterocycles. The number of nitrogens with zero attached hydrogens (tertiary/aromatic N) is 1. The molecule has 1 aromatic carbocycles. The van der Waals surface area contributed by atoms with E-state index in [9.17, 15) is 4.79 Å². The molecule has 18 heavy (non-hydrogen) atoms. The molecule has 1 heterocycles. The molecular formula is C14H21N3O. The highest BCUT2D eigenvalue weighted by Gasteiger charge is 2.14. The maximum absolute atomic E-state index is 12.2. The third-order valence-corrected chi connectivity index (χ3v) is 3.22. The SMILES string of the molecule is CCCCN(C)C(=O)c1ccc2c(c1)NCCN2. The summed E-state index contributed by atoms with van der Waals surface area (Å²) in [6, 6.07) is 5.80. The summed E-state index contributed by atoms with van der Waals surface area (Å²) in [6.45, 7) is 4.78. The molecule has 0 spiro atoms. The van der Waals surface area contributed by atoms with Gasteiger partial charge in [0, 0.05) is 32.2 Å². The summed E-state index contributed by atoms with van der Waals surface area (Å²) < 4.78 is 0. The van der Waals surface area contributed by atoms with Crippen molar-refractivity contribution >= 4 is 17.3 Å². The van der Waals surface area contributed by atoms with E-state index in [1.807, 2.05) is 25.2 Å². The number of fused-ring (bicyclic) bond motifs is 1. The van der Waals surface area contributed by atoms with E-state index < -0.39 is 0 Å². The Morgan fingerprint density at radius 1 is 1.28 bits per heavy atom. The molecule has 0 saturated carbocycles. The van der Waals surface area contributed by atoms with Crippen molar-refractivity contribution < 1.29 is 4.79 Å². The van der Waals surface area contributed by atoms with Crippen LogP contribution in [0.15, 0.2) is 18.2 Å². The van der Waals surface area contributed by atoms with E-state index in [0.717, 1.165) is 49.4 Å². The first kappa shape index (κ1) is 12.7. The monoisotopic (exact) mass is 247 g/mol. The largest absolute Gasteiger partial charge is 0.382 e. The zero-order valence-corrected chi connectivity index (χ0v) is 11.1. The van der Waals surface area contributed by atoms with Crippen molar-refractivity contribution in [1.29, 1.82) is 0 Å². The van der Waals surface area contributed by atoms with Gasteiger partial charge in [-0.3, -0.25) is 4.79 Å². The number of benzene rings is 1. The van der Waals surface area contributed by atoms with Crippen LogP contribution in [-0.2, 0) is 0 Å². The molecule has 1 aliphatic rings. The number of unbranched alkanes of at least 4 members (excludes halogenated alkanes) is 1. The van der Waals surface area contributed by atoms with Crippen LogP contribution in [0, 0.1) is 0 Å². The number of anilines is 2. The normalized spacial score (nSPS) is 13.2. The first-order valence-corrected chi connectivity index (χ1v) is 6.59. The van der Waals surface area contributed by atoms with Crippen molar-refractivity contribution in [3.63, 3.8) is 0 Å². The Hall–Kier alpha value is -1.71. The summed E-state index contributed by atoms with van der Waals surface area (Å²) in [5.41, 5.74) is 2.86. The Morgan fingerprint density at radius 3 is 2.72 bits per heavy atom. The number of rotatable bonds is 4. The molecule has 98 valence electrons. The van der Waals surface area contributed by atoms with Crippen LogP contribution in [0.5, 0.6) is 0 Å². The van der Waals surface area contributed by atoms with Crippen LogP contribution in [0.2, 0.25) is 0 Å². The second-order valence-corrected chi connectivity index (χ2v) is 4.69. The number of hydrogen-bond acceptors (Lipinski definition) is 3.